The van der Waals surface area contributed by atoms with Crippen molar-refractivity contribution in [1.29, 1.82) is 0 Å². The van der Waals surface area contributed by atoms with Gasteiger partial charge in [-0.15, -0.1) is 11.8 Å². The number of allylic oxidation sites excluding steroid dienone is 1. The maximum atomic E-state index is 13.6. The molecule has 16 heteroatoms. The first kappa shape index (κ1) is 31.4. The zero-order valence-corrected chi connectivity index (χ0v) is 25.8. The SMILES string of the molecule is O=C(O[C@@H](CC1=C(Cl)CN([O-])C=C1Cl)c1ccc(OC(F)F)c(OCC2CC2)c1)C1SCCN1S(=O)(=O)c1ccsc1. The lowest BCUT2D eigenvalue weighted by atomic mass is 9.99. The number of thiophene rings is 1. The lowest BCUT2D eigenvalue weighted by molar-refractivity contribution is -0.150. The summed E-state index contributed by atoms with van der Waals surface area (Å²) in [6.45, 7) is -2.85. The molecule has 1 unspecified atom stereocenters. The second-order valence-electron chi connectivity index (χ2n) is 9.70. The number of nitrogens with zero attached hydrogens (tertiary/aromatic N) is 2. The third kappa shape index (κ3) is 7.34. The number of halogens is 4. The Bertz CT molecular complexity index is 1470. The van der Waals surface area contributed by atoms with Crippen molar-refractivity contribution in [2.24, 2.45) is 5.92 Å². The van der Waals surface area contributed by atoms with Gasteiger partial charge in [-0.2, -0.15) is 24.4 Å². The normalized spacial score (nSPS) is 20.6. The van der Waals surface area contributed by atoms with Crippen molar-refractivity contribution in [3.63, 3.8) is 0 Å². The first-order valence-corrected chi connectivity index (χ1v) is 17.0. The van der Waals surface area contributed by atoms with Gasteiger partial charge in [0.25, 0.3) is 0 Å². The Balaban J connectivity index is 1.46. The number of carbonyl (C=O) groups is 1. The predicted octanol–water partition coefficient (Wildman–Crippen LogP) is 6.26. The topological polar surface area (TPSA) is 108 Å². The molecule has 3 aliphatic rings. The molecule has 0 bridgehead atoms. The summed E-state index contributed by atoms with van der Waals surface area (Å²) in [6, 6.07) is 5.63. The van der Waals surface area contributed by atoms with Crippen molar-refractivity contribution in [3.8, 4) is 11.5 Å². The summed E-state index contributed by atoms with van der Waals surface area (Å²) in [6.07, 6.45) is 1.89. The van der Waals surface area contributed by atoms with Crippen LogP contribution in [-0.2, 0) is 19.6 Å². The van der Waals surface area contributed by atoms with Crippen LogP contribution in [0.25, 0.3) is 0 Å². The Morgan fingerprint density at radius 1 is 1.19 bits per heavy atom. The van der Waals surface area contributed by atoms with Gasteiger partial charge < -0.3 is 24.5 Å². The first-order chi connectivity index (χ1) is 20.0. The van der Waals surface area contributed by atoms with Crippen molar-refractivity contribution in [2.45, 2.75) is 42.2 Å². The van der Waals surface area contributed by atoms with Gasteiger partial charge >= 0.3 is 12.6 Å². The molecular weight excluding hydrogens is 657 g/mol. The highest BCUT2D eigenvalue weighted by atomic mass is 35.5. The van der Waals surface area contributed by atoms with Crippen LogP contribution in [0.3, 0.4) is 0 Å². The van der Waals surface area contributed by atoms with Gasteiger partial charge in [0, 0.05) is 41.9 Å². The van der Waals surface area contributed by atoms with Crippen molar-refractivity contribution < 1.29 is 36.2 Å². The Morgan fingerprint density at radius 3 is 2.64 bits per heavy atom. The number of rotatable bonds is 12. The molecule has 3 heterocycles. The highest BCUT2D eigenvalue weighted by Crippen LogP contribution is 2.41. The van der Waals surface area contributed by atoms with E-state index >= 15 is 0 Å². The van der Waals surface area contributed by atoms with E-state index < -0.39 is 34.1 Å². The predicted molar refractivity (Wildman–Crippen MR) is 156 cm³/mol. The molecule has 42 heavy (non-hydrogen) atoms. The number of thioether (sulfide) groups is 1. The molecule has 1 aliphatic carbocycles. The fourth-order valence-electron chi connectivity index (χ4n) is 4.38. The van der Waals surface area contributed by atoms with E-state index in [1.807, 2.05) is 0 Å². The molecule has 2 atom stereocenters. The molecule has 2 fully saturated rings. The highest BCUT2D eigenvalue weighted by Gasteiger charge is 2.42. The van der Waals surface area contributed by atoms with Crippen LogP contribution >= 0.6 is 46.3 Å². The average Bonchev–Trinajstić information content (AvgIpc) is 3.36. The zero-order chi connectivity index (χ0) is 30.0. The maximum absolute atomic E-state index is 13.6. The molecule has 5 rings (SSSR count). The fourth-order valence-corrected chi connectivity index (χ4v) is 9.08. The van der Waals surface area contributed by atoms with Crippen molar-refractivity contribution in [3.05, 3.63) is 67.6 Å². The summed E-state index contributed by atoms with van der Waals surface area (Å²) >= 11 is 15.0. The van der Waals surface area contributed by atoms with E-state index in [4.69, 9.17) is 32.7 Å². The molecule has 0 N–H and O–H groups in total. The Labute approximate surface area is 259 Å². The molecule has 0 amide bonds. The van der Waals surface area contributed by atoms with E-state index in [0.717, 1.165) is 35.1 Å². The first-order valence-electron chi connectivity index (χ1n) is 12.8. The molecule has 1 saturated carbocycles. The minimum absolute atomic E-state index is 0.0359. The van der Waals surface area contributed by atoms with Crippen LogP contribution < -0.4 is 9.47 Å². The lowest BCUT2D eigenvalue weighted by Crippen LogP contribution is -2.40. The van der Waals surface area contributed by atoms with Crippen LogP contribution in [0.15, 0.2) is 61.8 Å². The van der Waals surface area contributed by atoms with Gasteiger partial charge in [-0.25, -0.2) is 13.2 Å². The lowest BCUT2D eigenvalue weighted by Gasteiger charge is -2.32. The maximum Gasteiger partial charge on any atom is 0.387 e. The van der Waals surface area contributed by atoms with Gasteiger partial charge in [-0.3, -0.25) is 0 Å². The highest BCUT2D eigenvalue weighted by molar-refractivity contribution is 8.02. The molecule has 9 nitrogen and oxygen atoms in total. The van der Waals surface area contributed by atoms with E-state index in [0.29, 0.717) is 34.5 Å². The van der Waals surface area contributed by atoms with Crippen molar-refractivity contribution >= 4 is 62.3 Å². The molecule has 2 aromatic rings. The number of esters is 1. The second-order valence-corrected chi connectivity index (χ2v) is 14.4. The summed E-state index contributed by atoms with van der Waals surface area (Å²) < 4.78 is 70.1. The number of hydrogen-bond donors (Lipinski definition) is 0. The van der Waals surface area contributed by atoms with Crippen molar-refractivity contribution in [2.75, 3.05) is 25.4 Å². The van der Waals surface area contributed by atoms with Gasteiger partial charge in [-0.1, -0.05) is 29.3 Å². The number of hydroxylamine groups is 2. The molecule has 228 valence electrons. The van der Waals surface area contributed by atoms with E-state index in [1.54, 1.807) is 5.38 Å². The van der Waals surface area contributed by atoms with Gasteiger partial charge in [0.1, 0.15) is 6.10 Å². The summed E-state index contributed by atoms with van der Waals surface area (Å²) in [5.41, 5.74) is 0.690. The number of alkyl halides is 2. The van der Waals surface area contributed by atoms with E-state index in [1.165, 1.54) is 41.0 Å². The Hall–Kier alpha value is -2.07. The van der Waals surface area contributed by atoms with Crippen LogP contribution in [0, 0.1) is 11.1 Å². The smallest absolute Gasteiger partial charge is 0.387 e. The quantitative estimate of drug-likeness (QED) is 0.240. The van der Waals surface area contributed by atoms with Gasteiger partial charge in [0.15, 0.2) is 16.9 Å². The zero-order valence-electron chi connectivity index (χ0n) is 21.8. The molecule has 1 aromatic carbocycles. The Morgan fingerprint density at radius 2 is 1.98 bits per heavy atom. The average molecular weight is 683 g/mol. The monoisotopic (exact) mass is 681 g/mol. The summed E-state index contributed by atoms with van der Waals surface area (Å²) in [5.74, 6) is -0.296. The van der Waals surface area contributed by atoms with Crippen LogP contribution in [-0.4, -0.2) is 61.2 Å². The number of benzene rings is 1. The molecule has 2 aliphatic heterocycles. The summed E-state index contributed by atoms with van der Waals surface area (Å²) in [5, 5.41) is 14.6. The summed E-state index contributed by atoms with van der Waals surface area (Å²) in [7, 11) is -3.96. The second kappa shape index (κ2) is 13.3. The summed E-state index contributed by atoms with van der Waals surface area (Å²) in [4.78, 5) is 13.7. The van der Waals surface area contributed by atoms with Gasteiger partial charge in [0.05, 0.1) is 16.5 Å². The fraction of sp³-hybridized carbons (Fsp3) is 0.423. The third-order valence-electron chi connectivity index (χ3n) is 6.69. The van der Waals surface area contributed by atoms with E-state index in [9.17, 15) is 27.2 Å². The van der Waals surface area contributed by atoms with E-state index in [-0.39, 0.29) is 46.0 Å². The van der Waals surface area contributed by atoms with Crippen LogP contribution in [0.1, 0.15) is 30.9 Å². The molecular formula is C26H25Cl2F2N2O7S3-. The van der Waals surface area contributed by atoms with Gasteiger partial charge in [0.2, 0.25) is 10.0 Å². The van der Waals surface area contributed by atoms with E-state index in [2.05, 4.69) is 4.74 Å². The molecule has 1 saturated heterocycles. The van der Waals surface area contributed by atoms with Crippen LogP contribution in [0.4, 0.5) is 8.78 Å². The number of ether oxygens (including phenoxy) is 3. The minimum Gasteiger partial charge on any atom is -0.758 e. The van der Waals surface area contributed by atoms with Gasteiger partial charge in [-0.05, 0) is 53.5 Å². The number of hydrogen-bond acceptors (Lipinski definition) is 10. The third-order valence-corrected chi connectivity index (χ3v) is 11.4. The standard InChI is InChI=1S/C26H25Cl2F2N2O7S3/c27-19-11-31(34)12-20(28)18(19)10-22(16-3-4-21(39-26(29)30)23(9-16)37-13-15-1-2-15)38-25(33)24-32(6-8-41-24)42(35,36)17-5-7-40-14-17/h3-5,7,9,11,14-15,22,24,26H,1-2,6,8,10,12-13H2/q-1/t22-,24?/m0/s1. The van der Waals surface area contributed by atoms with Crippen molar-refractivity contribution in [1.82, 2.24) is 9.37 Å². The minimum atomic E-state index is -3.96. The largest absolute Gasteiger partial charge is 0.758 e. The van der Waals surface area contributed by atoms with Crippen LogP contribution in [0.2, 0.25) is 0 Å². The Kier molecular flexibility index (Phi) is 9.92. The molecule has 0 spiro atoms. The molecule has 0 radical (unpaired) electrons. The molecule has 1 aromatic heterocycles. The number of carbonyl (C=O) groups excluding carboxylic acids is 1. The number of sulfonamides is 1. The van der Waals surface area contributed by atoms with Crippen LogP contribution in [0.5, 0.6) is 11.5 Å².